The first kappa shape index (κ1) is 21.2. The van der Waals surface area contributed by atoms with Crippen LogP contribution in [0.15, 0.2) is 41.8 Å². The Bertz CT molecular complexity index is 1180. The number of fused-ring (bicyclic) bond motifs is 3. The Balaban J connectivity index is 1.52. The Kier molecular flexibility index (Phi) is 5.32. The van der Waals surface area contributed by atoms with Crippen molar-refractivity contribution in [1.82, 2.24) is 14.8 Å². The molecule has 1 aliphatic heterocycles. The van der Waals surface area contributed by atoms with E-state index in [1.807, 2.05) is 29.0 Å². The highest BCUT2D eigenvalue weighted by Gasteiger charge is 2.48. The van der Waals surface area contributed by atoms with Crippen molar-refractivity contribution in [2.45, 2.75) is 64.2 Å². The van der Waals surface area contributed by atoms with Gasteiger partial charge in [-0.1, -0.05) is 25.1 Å². The molecule has 1 fully saturated rings. The molecule has 3 heterocycles. The zero-order valence-corrected chi connectivity index (χ0v) is 19.3. The van der Waals surface area contributed by atoms with Crippen LogP contribution < -0.4 is 5.32 Å². The standard InChI is InChI=1S/C25H28FN3O2S/c1-16-7-9-18(10-8-16)27-24(31)25(2)15-28-20-11-12-32-22(20)13-21(28)23(30)29(25)14-17-5-3-4-6-19(17)26/h3-6,11-13,16,18H,7-10,14-15H2,1-2H3,(H,27,31)/t16?,18?,25-/m0/s1. The molecule has 32 heavy (non-hydrogen) atoms. The second kappa shape index (κ2) is 8.03. The minimum atomic E-state index is -1.12. The maximum atomic E-state index is 14.5. The average Bonchev–Trinajstić information content (AvgIpc) is 3.36. The highest BCUT2D eigenvalue weighted by molar-refractivity contribution is 7.17. The van der Waals surface area contributed by atoms with Crippen molar-refractivity contribution in [1.29, 1.82) is 0 Å². The molecule has 1 aromatic carbocycles. The third-order valence-corrected chi connectivity index (χ3v) is 8.03. The van der Waals surface area contributed by atoms with E-state index in [-0.39, 0.29) is 30.2 Å². The lowest BCUT2D eigenvalue weighted by Gasteiger charge is -2.45. The van der Waals surface area contributed by atoms with Crippen LogP contribution in [-0.2, 0) is 17.9 Å². The summed E-state index contributed by atoms with van der Waals surface area (Å²) in [6.07, 6.45) is 4.09. The molecule has 0 unspecified atom stereocenters. The van der Waals surface area contributed by atoms with Gasteiger partial charge in [-0.3, -0.25) is 9.59 Å². The predicted molar refractivity (Wildman–Crippen MR) is 124 cm³/mol. The van der Waals surface area contributed by atoms with E-state index in [0.29, 0.717) is 23.7 Å². The lowest BCUT2D eigenvalue weighted by molar-refractivity contribution is -0.134. The fraction of sp³-hybridized carbons (Fsp3) is 0.440. The average molecular weight is 454 g/mol. The van der Waals surface area contributed by atoms with Gasteiger partial charge in [0.25, 0.3) is 5.91 Å². The first-order valence-corrected chi connectivity index (χ1v) is 12.2. The molecule has 2 aliphatic rings. The number of benzene rings is 1. The van der Waals surface area contributed by atoms with Crippen LogP contribution in [0.2, 0.25) is 0 Å². The Morgan fingerprint density at radius 3 is 2.72 bits per heavy atom. The summed E-state index contributed by atoms with van der Waals surface area (Å²) in [7, 11) is 0. The van der Waals surface area contributed by atoms with Crippen LogP contribution in [0, 0.1) is 11.7 Å². The van der Waals surface area contributed by atoms with Crippen LogP contribution in [-0.4, -0.2) is 32.9 Å². The van der Waals surface area contributed by atoms with E-state index < -0.39 is 5.54 Å². The van der Waals surface area contributed by atoms with Crippen LogP contribution in [0.4, 0.5) is 4.39 Å². The topological polar surface area (TPSA) is 54.3 Å². The molecular formula is C25H28FN3O2S. The highest BCUT2D eigenvalue weighted by Crippen LogP contribution is 2.36. The first-order valence-electron chi connectivity index (χ1n) is 11.3. The largest absolute Gasteiger partial charge is 0.351 e. The van der Waals surface area contributed by atoms with E-state index in [9.17, 15) is 14.0 Å². The molecule has 1 atom stereocenters. The molecule has 3 aromatic rings. The smallest absolute Gasteiger partial charge is 0.271 e. The van der Waals surface area contributed by atoms with Crippen molar-refractivity contribution in [3.63, 3.8) is 0 Å². The van der Waals surface area contributed by atoms with Crippen LogP contribution in [0.25, 0.3) is 10.2 Å². The maximum absolute atomic E-state index is 14.5. The number of carbonyl (C=O) groups is 2. The van der Waals surface area contributed by atoms with Gasteiger partial charge in [0, 0.05) is 11.6 Å². The fourth-order valence-corrected chi connectivity index (χ4v) is 5.89. The Morgan fingerprint density at radius 1 is 1.22 bits per heavy atom. The third-order valence-electron chi connectivity index (χ3n) is 7.18. The number of rotatable bonds is 4. The number of thiophene rings is 1. The number of halogens is 1. The lowest BCUT2D eigenvalue weighted by atomic mass is 9.86. The number of nitrogens with zero attached hydrogens (tertiary/aromatic N) is 2. The zero-order valence-electron chi connectivity index (χ0n) is 18.4. The molecule has 7 heteroatoms. The molecule has 0 bridgehead atoms. The summed E-state index contributed by atoms with van der Waals surface area (Å²) in [4.78, 5) is 28.9. The molecule has 1 aliphatic carbocycles. The van der Waals surface area contributed by atoms with Crippen molar-refractivity contribution in [3.05, 3.63) is 58.9 Å². The summed E-state index contributed by atoms with van der Waals surface area (Å²) in [6, 6.07) is 10.4. The van der Waals surface area contributed by atoms with Gasteiger partial charge >= 0.3 is 0 Å². The third kappa shape index (κ3) is 3.52. The Labute approximate surface area is 191 Å². The van der Waals surface area contributed by atoms with Gasteiger partial charge in [0.05, 0.1) is 23.3 Å². The van der Waals surface area contributed by atoms with Crippen molar-refractivity contribution in [2.24, 2.45) is 5.92 Å². The van der Waals surface area contributed by atoms with Gasteiger partial charge in [-0.15, -0.1) is 11.3 Å². The van der Waals surface area contributed by atoms with Gasteiger partial charge in [-0.2, -0.15) is 0 Å². The first-order chi connectivity index (χ1) is 15.4. The zero-order chi connectivity index (χ0) is 22.5. The van der Waals surface area contributed by atoms with Gasteiger partial charge in [0.2, 0.25) is 5.91 Å². The van der Waals surface area contributed by atoms with E-state index in [1.165, 1.54) is 6.07 Å². The molecular weight excluding hydrogens is 425 g/mol. The molecule has 0 radical (unpaired) electrons. The number of aromatic nitrogens is 1. The summed E-state index contributed by atoms with van der Waals surface area (Å²) >= 11 is 1.58. The van der Waals surface area contributed by atoms with Crippen LogP contribution in [0.1, 0.15) is 55.6 Å². The summed E-state index contributed by atoms with van der Waals surface area (Å²) in [5, 5.41) is 5.22. The molecule has 1 N–H and O–H groups in total. The van der Waals surface area contributed by atoms with Crippen molar-refractivity contribution in [3.8, 4) is 0 Å². The molecule has 5 nitrogen and oxygen atoms in total. The van der Waals surface area contributed by atoms with Crippen LogP contribution in [0.3, 0.4) is 0 Å². The summed E-state index contributed by atoms with van der Waals surface area (Å²) in [5.41, 5.74) is 0.811. The molecule has 168 valence electrons. The quantitative estimate of drug-likeness (QED) is 0.608. The van der Waals surface area contributed by atoms with Crippen molar-refractivity contribution >= 4 is 33.4 Å². The van der Waals surface area contributed by atoms with Crippen LogP contribution >= 0.6 is 11.3 Å². The molecule has 0 saturated heterocycles. The summed E-state index contributed by atoms with van der Waals surface area (Å²) in [6.45, 7) is 4.45. The van der Waals surface area contributed by atoms with E-state index in [1.54, 1.807) is 34.4 Å². The second-order valence-electron chi connectivity index (χ2n) is 9.47. The van der Waals surface area contributed by atoms with E-state index >= 15 is 0 Å². The van der Waals surface area contributed by atoms with Crippen molar-refractivity contribution in [2.75, 3.05) is 0 Å². The van der Waals surface area contributed by atoms with Crippen LogP contribution in [0.5, 0.6) is 0 Å². The van der Waals surface area contributed by atoms with Crippen molar-refractivity contribution < 1.29 is 14.0 Å². The monoisotopic (exact) mass is 453 g/mol. The minimum absolute atomic E-state index is 0.0515. The molecule has 2 aromatic heterocycles. The van der Waals surface area contributed by atoms with E-state index in [0.717, 1.165) is 35.9 Å². The van der Waals surface area contributed by atoms with Gasteiger partial charge in [-0.05, 0) is 62.1 Å². The highest BCUT2D eigenvalue weighted by atomic mass is 32.1. The summed E-state index contributed by atoms with van der Waals surface area (Å²) in [5.74, 6) is -0.0876. The molecule has 0 spiro atoms. The molecule has 2 amide bonds. The second-order valence-corrected chi connectivity index (χ2v) is 10.4. The minimum Gasteiger partial charge on any atom is -0.351 e. The predicted octanol–water partition coefficient (Wildman–Crippen LogP) is 4.95. The summed E-state index contributed by atoms with van der Waals surface area (Å²) < 4.78 is 17.5. The molecule has 1 saturated carbocycles. The van der Waals surface area contributed by atoms with Gasteiger partial charge in [0.1, 0.15) is 17.1 Å². The van der Waals surface area contributed by atoms with Gasteiger partial charge in [-0.25, -0.2) is 4.39 Å². The van der Waals surface area contributed by atoms with Gasteiger partial charge < -0.3 is 14.8 Å². The number of nitrogens with one attached hydrogen (secondary N) is 1. The number of hydrogen-bond acceptors (Lipinski definition) is 3. The fourth-order valence-electron chi connectivity index (χ4n) is 5.06. The van der Waals surface area contributed by atoms with Gasteiger partial charge in [0.15, 0.2) is 0 Å². The Morgan fingerprint density at radius 2 is 1.97 bits per heavy atom. The SMILES string of the molecule is CC1CCC(NC(=O)[C@]2(C)Cn3c(cc4sccc43)C(=O)N2Cc2ccccc2F)CC1. The Hall–Kier alpha value is -2.67. The number of hydrogen-bond donors (Lipinski definition) is 1. The number of amides is 2. The maximum Gasteiger partial charge on any atom is 0.271 e. The lowest BCUT2D eigenvalue weighted by Crippen LogP contribution is -2.64. The number of carbonyl (C=O) groups excluding carboxylic acids is 2. The molecule has 5 rings (SSSR count). The van der Waals surface area contributed by atoms with E-state index in [4.69, 9.17) is 0 Å². The normalized spacial score (nSPS) is 25.7. The van der Waals surface area contributed by atoms with E-state index in [2.05, 4.69) is 12.2 Å².